The summed E-state index contributed by atoms with van der Waals surface area (Å²) in [7, 11) is 0. The zero-order valence-corrected chi connectivity index (χ0v) is 8.47. The number of amides is 1. The number of nitrogens with two attached hydrogens (primary N) is 1. The Balaban J connectivity index is 2.54. The number of hydrogen-bond donors (Lipinski definition) is 1. The second-order valence-corrected chi connectivity index (χ2v) is 3.86. The van der Waals surface area contributed by atoms with Gasteiger partial charge in [0.25, 0.3) is 5.91 Å². The zero-order valence-electron chi connectivity index (χ0n) is 7.72. The lowest BCUT2D eigenvalue weighted by atomic mass is 9.95. The number of carbonyl (C=O) groups excluding carboxylic acids is 1. The van der Waals surface area contributed by atoms with Gasteiger partial charge in [-0.25, -0.2) is 0 Å². The van der Waals surface area contributed by atoms with Gasteiger partial charge in [-0.15, -0.1) is 0 Å². The highest BCUT2D eigenvalue weighted by Gasteiger charge is 2.18. The molecule has 0 radical (unpaired) electrons. The summed E-state index contributed by atoms with van der Waals surface area (Å²) in [5, 5.41) is 0.502. The van der Waals surface area contributed by atoms with E-state index in [1.54, 1.807) is 0 Å². The van der Waals surface area contributed by atoms with Crippen LogP contribution in [0.5, 0.6) is 0 Å². The van der Waals surface area contributed by atoms with E-state index in [1.807, 2.05) is 0 Å². The van der Waals surface area contributed by atoms with Gasteiger partial charge >= 0.3 is 0 Å². The molecule has 0 bridgehead atoms. The van der Waals surface area contributed by atoms with Crippen LogP contribution in [-0.2, 0) is 12.8 Å². The predicted octanol–water partition coefficient (Wildman–Crippen LogP) is 1.71. The molecule has 1 heterocycles. The number of nitrogens with zero attached hydrogens (tertiary/aromatic N) is 1. The Bertz CT molecular complexity index is 390. The number of halogens is 1. The molecule has 0 spiro atoms. The predicted molar refractivity (Wildman–Crippen MR) is 54.4 cm³/mol. The number of fused-ring (bicyclic) bond motifs is 1. The van der Waals surface area contributed by atoms with Crippen LogP contribution in [0.25, 0.3) is 0 Å². The lowest BCUT2D eigenvalue weighted by Crippen LogP contribution is -2.15. The molecule has 74 valence electrons. The molecule has 0 saturated heterocycles. The smallest absolute Gasteiger partial charge is 0.251 e. The molecule has 0 fully saturated rings. The van der Waals surface area contributed by atoms with Crippen LogP contribution < -0.4 is 5.73 Å². The van der Waals surface area contributed by atoms with E-state index in [4.69, 9.17) is 17.3 Å². The molecule has 1 aromatic heterocycles. The molecule has 0 unspecified atom stereocenters. The van der Waals surface area contributed by atoms with Crippen molar-refractivity contribution in [2.45, 2.75) is 25.7 Å². The summed E-state index contributed by atoms with van der Waals surface area (Å²) in [4.78, 5) is 15.2. The standard InChI is InChI=1S/C10H11ClN2O/c11-9-6-3-1-2-4-8(6)13-5-7(9)10(12)14/h5H,1-4H2,(H2,12,14). The van der Waals surface area contributed by atoms with E-state index in [0.717, 1.165) is 36.9 Å². The number of rotatable bonds is 1. The molecule has 1 amide bonds. The van der Waals surface area contributed by atoms with Crippen molar-refractivity contribution in [3.05, 3.63) is 28.0 Å². The highest BCUT2D eigenvalue weighted by Crippen LogP contribution is 2.28. The number of hydrogen-bond acceptors (Lipinski definition) is 2. The molecule has 0 aromatic carbocycles. The summed E-state index contributed by atoms with van der Waals surface area (Å²) in [5.41, 5.74) is 7.55. The van der Waals surface area contributed by atoms with Crippen molar-refractivity contribution >= 4 is 17.5 Å². The van der Waals surface area contributed by atoms with Crippen LogP contribution >= 0.6 is 11.6 Å². The number of primary amides is 1. The highest BCUT2D eigenvalue weighted by molar-refractivity contribution is 6.34. The molecule has 14 heavy (non-hydrogen) atoms. The molecular formula is C10H11ClN2O. The topological polar surface area (TPSA) is 56.0 Å². The van der Waals surface area contributed by atoms with E-state index in [1.165, 1.54) is 6.20 Å². The summed E-state index contributed by atoms with van der Waals surface area (Å²) < 4.78 is 0. The summed E-state index contributed by atoms with van der Waals surface area (Å²) >= 11 is 6.08. The Morgan fingerprint density at radius 1 is 1.43 bits per heavy atom. The Kier molecular flexibility index (Phi) is 2.42. The Labute approximate surface area is 87.3 Å². The maximum Gasteiger partial charge on any atom is 0.251 e. The molecule has 1 aliphatic rings. The average molecular weight is 211 g/mol. The fraction of sp³-hybridized carbons (Fsp3) is 0.400. The van der Waals surface area contributed by atoms with Gasteiger partial charge in [-0.3, -0.25) is 9.78 Å². The Hall–Kier alpha value is -1.09. The van der Waals surface area contributed by atoms with Gasteiger partial charge in [0.1, 0.15) is 0 Å². The minimum Gasteiger partial charge on any atom is -0.366 e. The van der Waals surface area contributed by atoms with Crippen LogP contribution in [0.4, 0.5) is 0 Å². The number of carbonyl (C=O) groups is 1. The third kappa shape index (κ3) is 1.48. The van der Waals surface area contributed by atoms with Crippen LogP contribution in [0.2, 0.25) is 5.02 Å². The first kappa shape index (κ1) is 9.46. The molecule has 2 N–H and O–H groups in total. The zero-order chi connectivity index (χ0) is 10.1. The van der Waals surface area contributed by atoms with Crippen LogP contribution in [0.15, 0.2) is 6.20 Å². The summed E-state index contributed by atoms with van der Waals surface area (Å²) in [6.07, 6.45) is 5.59. The van der Waals surface area contributed by atoms with E-state index in [2.05, 4.69) is 4.98 Å². The lowest BCUT2D eigenvalue weighted by molar-refractivity contribution is 0.1000. The SMILES string of the molecule is NC(=O)c1cnc2c(c1Cl)CCCC2. The third-order valence-corrected chi connectivity index (χ3v) is 2.99. The first-order valence-electron chi connectivity index (χ1n) is 4.66. The summed E-state index contributed by atoms with van der Waals surface area (Å²) in [6, 6.07) is 0. The van der Waals surface area contributed by atoms with Gasteiger partial charge in [0, 0.05) is 11.9 Å². The van der Waals surface area contributed by atoms with Crippen LogP contribution in [-0.4, -0.2) is 10.9 Å². The van der Waals surface area contributed by atoms with Gasteiger partial charge in [-0.1, -0.05) is 11.6 Å². The Morgan fingerprint density at radius 3 is 2.86 bits per heavy atom. The lowest BCUT2D eigenvalue weighted by Gasteiger charge is -2.16. The van der Waals surface area contributed by atoms with Gasteiger partial charge in [-0.05, 0) is 31.2 Å². The highest BCUT2D eigenvalue weighted by atomic mass is 35.5. The molecule has 0 aliphatic heterocycles. The maximum atomic E-state index is 11.0. The fourth-order valence-corrected chi connectivity index (χ4v) is 2.15. The number of aromatic nitrogens is 1. The molecule has 1 aliphatic carbocycles. The van der Waals surface area contributed by atoms with Crippen LogP contribution in [0, 0.1) is 0 Å². The van der Waals surface area contributed by atoms with Crippen molar-refractivity contribution in [2.75, 3.05) is 0 Å². The van der Waals surface area contributed by atoms with E-state index in [-0.39, 0.29) is 0 Å². The normalized spacial score (nSPS) is 14.9. The second kappa shape index (κ2) is 3.58. The van der Waals surface area contributed by atoms with Gasteiger partial charge in [0.05, 0.1) is 10.6 Å². The Morgan fingerprint density at radius 2 is 2.14 bits per heavy atom. The van der Waals surface area contributed by atoms with Crippen molar-refractivity contribution in [3.63, 3.8) is 0 Å². The van der Waals surface area contributed by atoms with Crippen molar-refractivity contribution in [3.8, 4) is 0 Å². The van der Waals surface area contributed by atoms with Crippen molar-refractivity contribution in [1.82, 2.24) is 4.98 Å². The maximum absolute atomic E-state index is 11.0. The third-order valence-electron chi connectivity index (χ3n) is 2.56. The molecule has 0 saturated carbocycles. The van der Waals surface area contributed by atoms with Gasteiger partial charge < -0.3 is 5.73 Å². The average Bonchev–Trinajstić information content (AvgIpc) is 2.18. The molecule has 0 atom stereocenters. The van der Waals surface area contributed by atoms with Gasteiger partial charge in [0.15, 0.2) is 0 Å². The van der Waals surface area contributed by atoms with Crippen molar-refractivity contribution in [2.24, 2.45) is 5.73 Å². The van der Waals surface area contributed by atoms with Gasteiger partial charge in [0.2, 0.25) is 0 Å². The van der Waals surface area contributed by atoms with Crippen LogP contribution in [0.3, 0.4) is 0 Å². The molecule has 4 heteroatoms. The first-order valence-corrected chi connectivity index (χ1v) is 5.04. The molecule has 1 aromatic rings. The number of pyridine rings is 1. The quantitative estimate of drug-likeness (QED) is 0.767. The van der Waals surface area contributed by atoms with E-state index in [0.29, 0.717) is 10.6 Å². The van der Waals surface area contributed by atoms with Crippen molar-refractivity contribution in [1.29, 1.82) is 0 Å². The minimum absolute atomic E-state index is 0.340. The van der Waals surface area contributed by atoms with Crippen molar-refractivity contribution < 1.29 is 4.79 Å². The fourth-order valence-electron chi connectivity index (χ4n) is 1.80. The van der Waals surface area contributed by atoms with E-state index in [9.17, 15) is 4.79 Å². The minimum atomic E-state index is -0.504. The molecule has 2 rings (SSSR count). The van der Waals surface area contributed by atoms with Crippen LogP contribution in [0.1, 0.15) is 34.5 Å². The first-order chi connectivity index (χ1) is 6.70. The number of aryl methyl sites for hydroxylation is 1. The second-order valence-electron chi connectivity index (χ2n) is 3.48. The van der Waals surface area contributed by atoms with E-state index < -0.39 is 5.91 Å². The van der Waals surface area contributed by atoms with Gasteiger partial charge in [-0.2, -0.15) is 0 Å². The largest absolute Gasteiger partial charge is 0.366 e. The summed E-state index contributed by atoms with van der Waals surface area (Å²) in [6.45, 7) is 0. The summed E-state index contributed by atoms with van der Waals surface area (Å²) in [5.74, 6) is -0.504. The van der Waals surface area contributed by atoms with E-state index >= 15 is 0 Å². The molecule has 3 nitrogen and oxygen atoms in total. The molecular weight excluding hydrogens is 200 g/mol. The monoisotopic (exact) mass is 210 g/mol.